The van der Waals surface area contributed by atoms with Crippen molar-refractivity contribution in [2.24, 2.45) is 0 Å². The SMILES string of the molecule is O=[N+]([O-])c1ccccc1C=C1CCC(C(=S)Nc2ccccc2)=C1N1CCOCC1. The maximum absolute atomic E-state index is 11.5. The summed E-state index contributed by atoms with van der Waals surface area (Å²) in [7, 11) is 0. The highest BCUT2D eigenvalue weighted by atomic mass is 32.1. The van der Waals surface area contributed by atoms with Gasteiger partial charge in [-0.2, -0.15) is 0 Å². The maximum Gasteiger partial charge on any atom is 0.276 e. The number of hydrogen-bond donors (Lipinski definition) is 1. The van der Waals surface area contributed by atoms with Gasteiger partial charge in [-0.15, -0.1) is 0 Å². The lowest BCUT2D eigenvalue weighted by atomic mass is 10.1. The van der Waals surface area contributed by atoms with Crippen molar-refractivity contribution in [1.29, 1.82) is 0 Å². The predicted octanol–water partition coefficient (Wildman–Crippen LogP) is 4.80. The quantitative estimate of drug-likeness (QED) is 0.425. The molecule has 6 nitrogen and oxygen atoms in total. The number of nitrogens with zero attached hydrogens (tertiary/aromatic N) is 2. The molecule has 0 atom stereocenters. The molecule has 2 aromatic rings. The summed E-state index contributed by atoms with van der Waals surface area (Å²) >= 11 is 5.76. The van der Waals surface area contributed by atoms with Crippen LogP contribution in [0.4, 0.5) is 11.4 Å². The number of nitrogens with one attached hydrogen (secondary N) is 1. The van der Waals surface area contributed by atoms with Crippen molar-refractivity contribution in [3.63, 3.8) is 0 Å². The summed E-state index contributed by atoms with van der Waals surface area (Å²) in [6, 6.07) is 16.7. The molecule has 1 heterocycles. The molecule has 0 aromatic heterocycles. The number of nitro benzene ring substituents is 1. The Kier molecular flexibility index (Phi) is 6.21. The zero-order chi connectivity index (χ0) is 20.9. The normalized spacial score (nSPS) is 18.0. The summed E-state index contributed by atoms with van der Waals surface area (Å²) in [4.78, 5) is 14.1. The Hall–Kier alpha value is -3.03. The van der Waals surface area contributed by atoms with E-state index in [1.54, 1.807) is 18.2 Å². The van der Waals surface area contributed by atoms with Crippen molar-refractivity contribution in [2.45, 2.75) is 12.8 Å². The largest absolute Gasteiger partial charge is 0.378 e. The van der Waals surface area contributed by atoms with E-state index >= 15 is 0 Å². The Labute approximate surface area is 181 Å². The van der Waals surface area contributed by atoms with Crippen LogP contribution in [0.15, 0.2) is 71.4 Å². The van der Waals surface area contributed by atoms with E-state index in [0.717, 1.165) is 48.5 Å². The van der Waals surface area contributed by atoms with Crippen molar-refractivity contribution in [2.75, 3.05) is 31.6 Å². The van der Waals surface area contributed by atoms with E-state index < -0.39 is 0 Å². The molecule has 4 rings (SSSR count). The molecule has 0 radical (unpaired) electrons. The van der Waals surface area contributed by atoms with Gasteiger partial charge in [-0.05, 0) is 42.7 Å². The molecule has 30 heavy (non-hydrogen) atoms. The lowest BCUT2D eigenvalue weighted by Gasteiger charge is -2.32. The molecule has 154 valence electrons. The fourth-order valence-corrected chi connectivity index (χ4v) is 4.24. The van der Waals surface area contributed by atoms with Crippen LogP contribution in [-0.4, -0.2) is 41.1 Å². The van der Waals surface area contributed by atoms with Gasteiger partial charge in [0, 0.05) is 36.1 Å². The van der Waals surface area contributed by atoms with Crippen LogP contribution < -0.4 is 5.32 Å². The molecule has 2 aliphatic rings. The van der Waals surface area contributed by atoms with E-state index in [2.05, 4.69) is 10.2 Å². The minimum absolute atomic E-state index is 0.116. The number of allylic oxidation sites excluding steroid dienone is 1. The molecule has 0 saturated carbocycles. The summed E-state index contributed by atoms with van der Waals surface area (Å²) < 4.78 is 5.53. The Bertz CT molecular complexity index is 1010. The smallest absolute Gasteiger partial charge is 0.276 e. The van der Waals surface area contributed by atoms with E-state index in [-0.39, 0.29) is 10.6 Å². The van der Waals surface area contributed by atoms with Gasteiger partial charge >= 0.3 is 0 Å². The average Bonchev–Trinajstić information content (AvgIpc) is 3.19. The molecule has 1 aliphatic heterocycles. The van der Waals surface area contributed by atoms with E-state index in [9.17, 15) is 10.1 Å². The first-order chi connectivity index (χ1) is 14.6. The number of benzene rings is 2. The number of morpholine rings is 1. The van der Waals surface area contributed by atoms with Gasteiger partial charge in [0.15, 0.2) is 0 Å². The number of para-hydroxylation sites is 2. The van der Waals surface area contributed by atoms with E-state index in [4.69, 9.17) is 17.0 Å². The van der Waals surface area contributed by atoms with Gasteiger partial charge < -0.3 is 15.0 Å². The second-order valence-corrected chi connectivity index (χ2v) is 7.64. The van der Waals surface area contributed by atoms with E-state index in [1.165, 1.54) is 0 Å². The average molecular weight is 422 g/mol. The van der Waals surface area contributed by atoms with Gasteiger partial charge in [0.2, 0.25) is 0 Å². The van der Waals surface area contributed by atoms with Gasteiger partial charge in [-0.25, -0.2) is 0 Å². The lowest BCUT2D eigenvalue weighted by molar-refractivity contribution is -0.385. The molecule has 1 aliphatic carbocycles. The lowest BCUT2D eigenvalue weighted by Crippen LogP contribution is -2.36. The standard InChI is InChI=1S/C23H23N3O3S/c27-26(28)21-9-5-4-6-17(21)16-18-10-11-20(22(18)25-12-14-29-15-13-25)23(30)24-19-7-2-1-3-8-19/h1-9,16H,10-15H2,(H,24,30). The molecule has 0 amide bonds. The van der Waals surface area contributed by atoms with Crippen molar-refractivity contribution in [3.8, 4) is 0 Å². The fraction of sp³-hybridized carbons (Fsp3) is 0.261. The molecule has 1 saturated heterocycles. The van der Waals surface area contributed by atoms with Crippen LogP contribution in [0.25, 0.3) is 6.08 Å². The monoisotopic (exact) mass is 421 g/mol. The summed E-state index contributed by atoms with van der Waals surface area (Å²) in [6.45, 7) is 2.88. The topological polar surface area (TPSA) is 67.6 Å². The minimum atomic E-state index is -0.331. The van der Waals surface area contributed by atoms with Crippen molar-refractivity contribution in [3.05, 3.63) is 87.1 Å². The molecule has 0 bridgehead atoms. The van der Waals surface area contributed by atoms with Gasteiger partial charge in [0.05, 0.1) is 23.7 Å². The van der Waals surface area contributed by atoms with Crippen molar-refractivity contribution >= 4 is 34.7 Å². The highest BCUT2D eigenvalue weighted by Gasteiger charge is 2.29. The number of anilines is 1. The Morgan fingerprint density at radius 2 is 1.77 bits per heavy atom. The summed E-state index contributed by atoms with van der Waals surface area (Å²) in [5.74, 6) is 0. The van der Waals surface area contributed by atoms with Gasteiger partial charge in [-0.1, -0.05) is 42.5 Å². The Morgan fingerprint density at radius 3 is 2.50 bits per heavy atom. The first-order valence-corrected chi connectivity index (χ1v) is 10.4. The number of rotatable bonds is 5. The third kappa shape index (κ3) is 4.42. The van der Waals surface area contributed by atoms with E-state index in [1.807, 2.05) is 42.5 Å². The van der Waals surface area contributed by atoms with Crippen LogP contribution in [0.3, 0.4) is 0 Å². The van der Waals surface area contributed by atoms with Gasteiger partial charge in [0.1, 0.15) is 4.99 Å². The zero-order valence-electron chi connectivity index (χ0n) is 16.5. The van der Waals surface area contributed by atoms with Crippen LogP contribution in [0, 0.1) is 10.1 Å². The molecule has 0 unspecified atom stereocenters. The first kappa shape index (κ1) is 20.3. The maximum atomic E-state index is 11.5. The predicted molar refractivity (Wildman–Crippen MR) is 122 cm³/mol. The third-order valence-electron chi connectivity index (χ3n) is 5.33. The Morgan fingerprint density at radius 1 is 1.07 bits per heavy atom. The second kappa shape index (κ2) is 9.19. The molecule has 1 N–H and O–H groups in total. The second-order valence-electron chi connectivity index (χ2n) is 7.23. The van der Waals surface area contributed by atoms with E-state index in [0.29, 0.717) is 23.8 Å². The number of hydrogen-bond acceptors (Lipinski definition) is 5. The van der Waals surface area contributed by atoms with Crippen LogP contribution in [0.5, 0.6) is 0 Å². The number of nitro groups is 1. The molecule has 2 aromatic carbocycles. The van der Waals surface area contributed by atoms with Gasteiger partial charge in [-0.3, -0.25) is 10.1 Å². The fourth-order valence-electron chi connectivity index (χ4n) is 3.92. The molecule has 1 fully saturated rings. The minimum Gasteiger partial charge on any atom is -0.378 e. The molecular formula is C23H23N3O3S. The van der Waals surface area contributed by atoms with Crippen molar-refractivity contribution < 1.29 is 9.66 Å². The number of thiocarbonyl (C=S) groups is 1. The molecule has 0 spiro atoms. The summed E-state index contributed by atoms with van der Waals surface area (Å²) in [5, 5.41) is 14.8. The third-order valence-corrected chi connectivity index (χ3v) is 5.68. The summed E-state index contributed by atoms with van der Waals surface area (Å²) in [6.07, 6.45) is 3.55. The number of ether oxygens (including phenoxy) is 1. The molecule has 7 heteroatoms. The van der Waals surface area contributed by atoms with Gasteiger partial charge in [0.25, 0.3) is 5.69 Å². The van der Waals surface area contributed by atoms with Crippen LogP contribution in [0.1, 0.15) is 18.4 Å². The Balaban J connectivity index is 1.72. The highest BCUT2D eigenvalue weighted by Crippen LogP contribution is 2.37. The van der Waals surface area contributed by atoms with Crippen LogP contribution in [0.2, 0.25) is 0 Å². The summed E-state index contributed by atoms with van der Waals surface area (Å²) in [5.41, 5.74) is 4.94. The first-order valence-electron chi connectivity index (χ1n) is 10.00. The highest BCUT2D eigenvalue weighted by molar-refractivity contribution is 7.81. The molecular weight excluding hydrogens is 398 g/mol. The van der Waals surface area contributed by atoms with Crippen LogP contribution >= 0.6 is 12.2 Å². The van der Waals surface area contributed by atoms with Crippen molar-refractivity contribution in [1.82, 2.24) is 4.90 Å². The zero-order valence-corrected chi connectivity index (χ0v) is 17.4. The van der Waals surface area contributed by atoms with Crippen LogP contribution in [-0.2, 0) is 4.74 Å².